The van der Waals surface area contributed by atoms with Crippen molar-refractivity contribution < 1.29 is 61.9 Å². The molecule has 3 aromatic rings. The van der Waals surface area contributed by atoms with Gasteiger partial charge in [-0.25, -0.2) is 9.59 Å². The van der Waals surface area contributed by atoms with Crippen LogP contribution in [0.15, 0.2) is 122 Å². The summed E-state index contributed by atoms with van der Waals surface area (Å²) in [5, 5.41) is 8.25. The van der Waals surface area contributed by atoms with Crippen LogP contribution in [0.5, 0.6) is 0 Å². The van der Waals surface area contributed by atoms with Gasteiger partial charge in [-0.3, -0.25) is 11.4 Å². The molecule has 0 aliphatic rings. The number of carbonyl (C=O) groups is 3. The fourth-order valence-electron chi connectivity index (χ4n) is 2.70. The number of ether oxygens (including phenoxy) is 2. The quantitative estimate of drug-likeness (QED) is 0.0586. The molecule has 51 heavy (non-hydrogen) atoms. The zero-order valence-electron chi connectivity index (χ0n) is 28.3. The molecule has 274 valence electrons. The molecule has 3 rings (SSSR count). The third kappa shape index (κ3) is 28.8. The zero-order valence-corrected chi connectivity index (χ0v) is 37.9. The van der Waals surface area contributed by atoms with Gasteiger partial charge < -0.3 is 40.2 Å². The minimum Gasteiger partial charge on any atom is -1.00 e. The molecule has 0 amide bonds. The van der Waals surface area contributed by atoms with E-state index in [2.05, 4.69) is 92.4 Å². The zero-order chi connectivity index (χ0) is 37.9. The van der Waals surface area contributed by atoms with Crippen LogP contribution in [-0.4, -0.2) is 22.3 Å². The Kier molecular flexibility index (Phi) is 36.3. The number of carbonyl (C=O) groups excluding carboxylic acids is 3. The first kappa shape index (κ1) is 55.3. The van der Waals surface area contributed by atoms with E-state index in [0.717, 1.165) is 24.3 Å². The van der Waals surface area contributed by atoms with Crippen LogP contribution in [0.25, 0.3) is 6.08 Å². The van der Waals surface area contributed by atoms with Crippen molar-refractivity contribution in [3.05, 3.63) is 156 Å². The van der Waals surface area contributed by atoms with Gasteiger partial charge >= 0.3 is 11.9 Å². The van der Waals surface area contributed by atoms with E-state index in [1.165, 1.54) is 13.0 Å². The van der Waals surface area contributed by atoms with Crippen molar-refractivity contribution in [1.29, 1.82) is 0 Å². The average Bonchev–Trinajstić information content (AvgIpc) is 3.04. The molecule has 1 N–H and O–H groups in total. The molecule has 0 saturated carbocycles. The van der Waals surface area contributed by atoms with Gasteiger partial charge in [-0.15, -0.1) is 0 Å². The Hall–Kier alpha value is -2.43. The van der Waals surface area contributed by atoms with E-state index < -0.39 is 17.3 Å². The molecular weight excluding hydrogens is 1030 g/mol. The van der Waals surface area contributed by atoms with Crippen LogP contribution in [0, 0.1) is 12.1 Å². The molecule has 0 aromatic heterocycles. The Labute approximate surface area is 351 Å². The molecule has 0 spiro atoms. The van der Waals surface area contributed by atoms with Crippen molar-refractivity contribution in [2.45, 2.75) is 40.6 Å². The number of hydrogen-bond donors (Lipinski definition) is 1. The molecule has 0 aliphatic heterocycles. The van der Waals surface area contributed by atoms with Gasteiger partial charge in [-0.2, -0.15) is 8.78 Å². The van der Waals surface area contributed by atoms with E-state index in [1.807, 2.05) is 48.5 Å². The van der Waals surface area contributed by atoms with Crippen molar-refractivity contribution in [2.24, 2.45) is 0 Å². The summed E-state index contributed by atoms with van der Waals surface area (Å²) in [4.78, 5) is 34.4. The van der Waals surface area contributed by atoms with Crippen molar-refractivity contribution in [3.63, 3.8) is 0 Å². The molecule has 0 heterocycles. The van der Waals surface area contributed by atoms with Gasteiger partial charge in [0.15, 0.2) is 0 Å². The predicted molar refractivity (Wildman–Crippen MR) is 214 cm³/mol. The molecule has 0 bridgehead atoms. The summed E-state index contributed by atoms with van der Waals surface area (Å²) in [7, 11) is 0. The number of aliphatic hydroxyl groups excluding tert-OH is 1. The number of allylic oxidation sites excluding steroid dienone is 1. The summed E-state index contributed by atoms with van der Waals surface area (Å²) in [5.41, 5.74) is 3.96. The molecule has 6 nitrogen and oxygen atoms in total. The molecular formula is C37H37BrClF3I2O6Zn-2. The van der Waals surface area contributed by atoms with Crippen LogP contribution in [0.3, 0.4) is 0 Å². The summed E-state index contributed by atoms with van der Waals surface area (Å²) in [6.07, 6.45) is -1.05. The van der Waals surface area contributed by atoms with E-state index in [-0.39, 0.29) is 48.9 Å². The number of aliphatic hydroxyl groups is 1. The fourth-order valence-corrected chi connectivity index (χ4v) is 3.80. The maximum absolute atomic E-state index is 12.2. The van der Waals surface area contributed by atoms with E-state index in [9.17, 15) is 23.2 Å². The van der Waals surface area contributed by atoms with Gasteiger partial charge in [0.05, 0.1) is 6.61 Å². The first-order chi connectivity index (χ1) is 23.0. The maximum atomic E-state index is 12.2. The van der Waals surface area contributed by atoms with Gasteiger partial charge in [0.25, 0.3) is 6.08 Å². The largest absolute Gasteiger partial charge is 1.00 e. The SMILES string of the molecule is C=C(C)C(=O)Cl.C=C(C)C(=O)OCc1ccccc1C=C(F)F.C=C(C)C(=O)OCc1ccccc1I.C=[C-]Br.OCc1ccccc1I.[F-].[Zn]. The van der Waals surface area contributed by atoms with Crippen molar-refractivity contribution in [1.82, 2.24) is 0 Å². The number of esters is 2. The second-order valence-corrected chi connectivity index (χ2v) is 12.6. The predicted octanol–water partition coefficient (Wildman–Crippen LogP) is 7.89. The summed E-state index contributed by atoms with van der Waals surface area (Å²) in [6.45, 7) is 18.5. The van der Waals surface area contributed by atoms with Gasteiger partial charge in [0, 0.05) is 55.0 Å². The minimum atomic E-state index is -1.79. The van der Waals surface area contributed by atoms with Gasteiger partial charge in [0.1, 0.15) is 13.2 Å². The smallest absolute Gasteiger partial charge is 0.333 e. The van der Waals surface area contributed by atoms with Gasteiger partial charge in [-0.05, 0) is 106 Å². The van der Waals surface area contributed by atoms with E-state index >= 15 is 0 Å². The number of hydrogen-bond acceptors (Lipinski definition) is 6. The monoisotopic (exact) mass is 1070 g/mol. The third-order valence-corrected chi connectivity index (χ3v) is 7.58. The normalized spacial score (nSPS) is 8.67. The number of benzene rings is 3. The van der Waals surface area contributed by atoms with Crippen molar-refractivity contribution in [3.8, 4) is 0 Å². The summed E-state index contributed by atoms with van der Waals surface area (Å²) < 4.78 is 36.5. The van der Waals surface area contributed by atoms with Crippen LogP contribution in [-0.2, 0) is 63.2 Å². The van der Waals surface area contributed by atoms with E-state index in [4.69, 9.17) is 26.2 Å². The second-order valence-electron chi connectivity index (χ2n) is 9.37. The molecule has 14 heteroatoms. The standard InChI is InChI=1S/C13H12F2O2.C11H11IO2.C7H7IO.C4H5ClO.C2H2Br.FH.Zn/c1-9(2)13(16)17-8-11-6-4-3-5-10(11)7-12(14)15;1-8(2)11(13)14-7-9-5-3-4-6-10(9)12;8-7-4-2-1-3-6(7)5-9;1-3(2)4(5)6;1-2-3;;/h3-7H,1,8H2,2H3;3-6H,1,7H2,2H3;1-4,9H,5H2;1H2,2H3;1H2;1H;/q;;;;-1;;/p-1. The molecule has 3 aromatic carbocycles. The first-order valence-electron chi connectivity index (χ1n) is 13.8. The Morgan fingerprint density at radius 1 is 0.784 bits per heavy atom. The molecule has 0 unspecified atom stereocenters. The third-order valence-electron chi connectivity index (χ3n) is 5.16. The summed E-state index contributed by atoms with van der Waals surface area (Å²) in [6, 6.07) is 22.1. The van der Waals surface area contributed by atoms with Crippen LogP contribution >= 0.6 is 72.7 Å². The van der Waals surface area contributed by atoms with Crippen molar-refractivity contribution in [2.75, 3.05) is 0 Å². The first-order valence-corrected chi connectivity index (χ1v) is 17.2. The van der Waals surface area contributed by atoms with Gasteiger partial charge in [-0.1, -0.05) is 80.4 Å². The van der Waals surface area contributed by atoms with Crippen LogP contribution < -0.4 is 4.70 Å². The summed E-state index contributed by atoms with van der Waals surface area (Å²) in [5.74, 6) is -0.880. The Bertz CT molecular complexity index is 1590. The Morgan fingerprint density at radius 2 is 1.12 bits per heavy atom. The second kappa shape index (κ2) is 33.4. The van der Waals surface area contributed by atoms with E-state index in [1.54, 1.807) is 32.0 Å². The van der Waals surface area contributed by atoms with Crippen LogP contribution in [0.1, 0.15) is 43.0 Å². The molecule has 0 saturated heterocycles. The van der Waals surface area contributed by atoms with Crippen molar-refractivity contribution >= 4 is 96.0 Å². The van der Waals surface area contributed by atoms with E-state index in [0.29, 0.717) is 28.9 Å². The minimum absolute atomic E-state index is 0. The van der Waals surface area contributed by atoms with Crippen LogP contribution in [0.2, 0.25) is 0 Å². The number of halogens is 7. The van der Waals surface area contributed by atoms with Gasteiger partial charge in [0.2, 0.25) is 5.24 Å². The fraction of sp³-hybridized carbons (Fsp3) is 0.162. The summed E-state index contributed by atoms with van der Waals surface area (Å²) >= 11 is 12.1. The topological polar surface area (TPSA) is 89.9 Å². The number of rotatable bonds is 9. The molecule has 0 fully saturated rings. The van der Waals surface area contributed by atoms with Crippen LogP contribution in [0.4, 0.5) is 8.78 Å². The maximum Gasteiger partial charge on any atom is 0.333 e. The molecule has 0 atom stereocenters. The Balaban J connectivity index is -0.000000293. The molecule has 0 radical (unpaired) electrons. The molecule has 0 aliphatic carbocycles. The Morgan fingerprint density at radius 3 is 1.43 bits per heavy atom. The average molecular weight is 1070 g/mol.